The smallest absolute Gasteiger partial charge is 0.333 e. The molecular formula is C8H14O5S. The highest BCUT2D eigenvalue weighted by Crippen LogP contribution is 2.09. The van der Waals surface area contributed by atoms with Crippen LogP contribution < -0.4 is 0 Å². The average molecular weight is 222 g/mol. The van der Waals surface area contributed by atoms with E-state index in [0.717, 1.165) is 0 Å². The van der Waals surface area contributed by atoms with Gasteiger partial charge in [-0.05, 0) is 13.3 Å². The van der Waals surface area contributed by atoms with E-state index < -0.39 is 21.3 Å². The van der Waals surface area contributed by atoms with E-state index in [2.05, 4.69) is 4.74 Å². The Morgan fingerprint density at radius 3 is 2.36 bits per heavy atom. The summed E-state index contributed by atoms with van der Waals surface area (Å²) in [7, 11) is -2.93. The van der Waals surface area contributed by atoms with E-state index in [1.54, 1.807) is 6.92 Å². The van der Waals surface area contributed by atoms with E-state index in [4.69, 9.17) is 4.55 Å². The van der Waals surface area contributed by atoms with Gasteiger partial charge in [-0.1, -0.05) is 13.0 Å². The van der Waals surface area contributed by atoms with E-state index >= 15 is 0 Å². The molecule has 0 aromatic carbocycles. The van der Waals surface area contributed by atoms with Crippen LogP contribution in [0.15, 0.2) is 11.6 Å². The minimum atomic E-state index is -4.14. The number of hydrogen-bond acceptors (Lipinski definition) is 4. The van der Waals surface area contributed by atoms with Crippen LogP contribution in [0.2, 0.25) is 0 Å². The van der Waals surface area contributed by atoms with E-state index in [1.165, 1.54) is 20.1 Å². The second-order valence-electron chi connectivity index (χ2n) is 2.80. The molecule has 0 aliphatic rings. The normalized spacial score (nSPS) is 15.0. The van der Waals surface area contributed by atoms with Crippen molar-refractivity contribution in [1.29, 1.82) is 0 Å². The van der Waals surface area contributed by atoms with Crippen molar-refractivity contribution in [3.63, 3.8) is 0 Å². The van der Waals surface area contributed by atoms with Crippen LogP contribution in [-0.2, 0) is 19.6 Å². The molecule has 0 amide bonds. The van der Waals surface area contributed by atoms with Crippen LogP contribution in [0, 0.1) is 0 Å². The Hall–Kier alpha value is -0.880. The zero-order valence-electron chi connectivity index (χ0n) is 8.35. The van der Waals surface area contributed by atoms with Gasteiger partial charge in [0.05, 0.1) is 7.11 Å². The topological polar surface area (TPSA) is 80.7 Å². The number of ether oxygens (including phenoxy) is 1. The van der Waals surface area contributed by atoms with Crippen molar-refractivity contribution in [2.24, 2.45) is 0 Å². The van der Waals surface area contributed by atoms with Crippen LogP contribution in [0.5, 0.6) is 0 Å². The molecule has 0 aromatic rings. The molecule has 5 nitrogen and oxygen atoms in total. The number of esters is 1. The fourth-order valence-corrected chi connectivity index (χ4v) is 1.72. The molecule has 0 saturated carbocycles. The van der Waals surface area contributed by atoms with Gasteiger partial charge in [-0.3, -0.25) is 4.55 Å². The molecular weight excluding hydrogens is 208 g/mol. The molecule has 1 unspecified atom stereocenters. The monoisotopic (exact) mass is 222 g/mol. The summed E-state index contributed by atoms with van der Waals surface area (Å²) >= 11 is 0. The highest BCUT2D eigenvalue weighted by atomic mass is 32.2. The molecule has 0 fully saturated rings. The first-order chi connectivity index (χ1) is 6.32. The molecule has 1 N–H and O–H groups in total. The molecule has 0 aliphatic heterocycles. The second kappa shape index (κ2) is 5.11. The zero-order chi connectivity index (χ0) is 11.4. The van der Waals surface area contributed by atoms with Gasteiger partial charge in [-0.2, -0.15) is 8.42 Å². The van der Waals surface area contributed by atoms with E-state index in [0.29, 0.717) is 0 Å². The van der Waals surface area contributed by atoms with Gasteiger partial charge in [-0.15, -0.1) is 0 Å². The van der Waals surface area contributed by atoms with E-state index in [9.17, 15) is 13.2 Å². The maximum Gasteiger partial charge on any atom is 0.333 e. The summed E-state index contributed by atoms with van der Waals surface area (Å²) in [6.07, 6.45) is 1.38. The molecule has 0 rings (SSSR count). The Balaban J connectivity index is 4.86. The fourth-order valence-electron chi connectivity index (χ4n) is 0.922. The van der Waals surface area contributed by atoms with E-state index in [1.807, 2.05) is 0 Å². The van der Waals surface area contributed by atoms with Crippen LogP contribution in [-0.4, -0.2) is 31.3 Å². The lowest BCUT2D eigenvalue weighted by atomic mass is 10.2. The van der Waals surface area contributed by atoms with Gasteiger partial charge in [0.15, 0.2) is 0 Å². The molecule has 0 heterocycles. The van der Waals surface area contributed by atoms with Gasteiger partial charge >= 0.3 is 5.97 Å². The van der Waals surface area contributed by atoms with Crippen molar-refractivity contribution in [3.8, 4) is 0 Å². The summed E-state index contributed by atoms with van der Waals surface area (Å²) in [4.78, 5) is 10.9. The number of carbonyl (C=O) groups excluding carboxylic acids is 1. The third kappa shape index (κ3) is 3.89. The highest BCUT2D eigenvalue weighted by molar-refractivity contribution is 7.86. The zero-order valence-corrected chi connectivity index (χ0v) is 9.17. The van der Waals surface area contributed by atoms with Crippen LogP contribution >= 0.6 is 0 Å². The Morgan fingerprint density at radius 2 is 2.07 bits per heavy atom. The predicted octanol–water partition coefficient (Wildman–Crippen LogP) is 0.772. The minimum absolute atomic E-state index is 0.164. The van der Waals surface area contributed by atoms with Crippen molar-refractivity contribution >= 4 is 16.1 Å². The standard InChI is InChI=1S/C8H14O5S/c1-4-7(14(10,11)12)5-6(2)8(9)13-3/h5,7H,4H2,1-3H3,(H,10,11,12). The summed E-state index contributed by atoms with van der Waals surface area (Å²) < 4.78 is 34.7. The summed E-state index contributed by atoms with van der Waals surface area (Å²) in [6.45, 7) is 3.03. The van der Waals surface area contributed by atoms with Crippen LogP contribution in [0.3, 0.4) is 0 Å². The molecule has 6 heteroatoms. The quantitative estimate of drug-likeness (QED) is 0.431. The van der Waals surface area contributed by atoms with Gasteiger partial charge in [0.2, 0.25) is 0 Å². The van der Waals surface area contributed by atoms with E-state index in [-0.39, 0.29) is 12.0 Å². The van der Waals surface area contributed by atoms with Crippen LogP contribution in [0.25, 0.3) is 0 Å². The van der Waals surface area contributed by atoms with Gasteiger partial charge in [-0.25, -0.2) is 4.79 Å². The molecule has 14 heavy (non-hydrogen) atoms. The predicted molar refractivity (Wildman–Crippen MR) is 51.4 cm³/mol. The minimum Gasteiger partial charge on any atom is -0.466 e. The summed E-state index contributed by atoms with van der Waals surface area (Å²) in [5.41, 5.74) is 0.164. The number of rotatable bonds is 4. The third-order valence-electron chi connectivity index (χ3n) is 1.73. The molecule has 0 aliphatic carbocycles. The van der Waals surface area contributed by atoms with Gasteiger partial charge < -0.3 is 4.74 Å². The number of carbonyl (C=O) groups is 1. The highest BCUT2D eigenvalue weighted by Gasteiger charge is 2.19. The van der Waals surface area contributed by atoms with Crippen molar-refractivity contribution in [3.05, 3.63) is 11.6 Å². The van der Waals surface area contributed by atoms with Crippen molar-refractivity contribution in [1.82, 2.24) is 0 Å². The molecule has 0 bridgehead atoms. The fraction of sp³-hybridized carbons (Fsp3) is 0.625. The largest absolute Gasteiger partial charge is 0.466 e. The first-order valence-corrected chi connectivity index (χ1v) is 5.56. The van der Waals surface area contributed by atoms with Crippen molar-refractivity contribution < 1.29 is 22.5 Å². The molecule has 1 atom stereocenters. The van der Waals surface area contributed by atoms with Crippen molar-refractivity contribution in [2.75, 3.05) is 7.11 Å². The summed E-state index contributed by atoms with van der Waals surface area (Å²) in [5.74, 6) is -0.605. The Morgan fingerprint density at radius 1 is 1.57 bits per heavy atom. The summed E-state index contributed by atoms with van der Waals surface area (Å²) in [5, 5.41) is -1.05. The molecule has 0 saturated heterocycles. The molecule has 82 valence electrons. The summed E-state index contributed by atoms with van der Waals surface area (Å²) in [6, 6.07) is 0. The maximum absolute atomic E-state index is 10.9. The number of hydrogen-bond donors (Lipinski definition) is 1. The maximum atomic E-state index is 10.9. The van der Waals surface area contributed by atoms with Crippen LogP contribution in [0.1, 0.15) is 20.3 Å². The number of methoxy groups -OCH3 is 1. The van der Waals surface area contributed by atoms with Gasteiger partial charge in [0, 0.05) is 5.57 Å². The van der Waals surface area contributed by atoms with Crippen LogP contribution in [0.4, 0.5) is 0 Å². The first kappa shape index (κ1) is 13.1. The van der Waals surface area contributed by atoms with Crippen molar-refractivity contribution in [2.45, 2.75) is 25.5 Å². The lowest BCUT2D eigenvalue weighted by Crippen LogP contribution is -2.18. The Bertz CT molecular complexity index is 328. The van der Waals surface area contributed by atoms with Gasteiger partial charge in [0.1, 0.15) is 5.25 Å². The first-order valence-electron chi connectivity index (χ1n) is 4.06. The lowest BCUT2D eigenvalue weighted by molar-refractivity contribution is -0.136. The SMILES string of the molecule is CCC(C=C(C)C(=O)OC)S(=O)(=O)O. The Kier molecular flexibility index (Phi) is 4.79. The molecule has 0 radical (unpaired) electrons. The lowest BCUT2D eigenvalue weighted by Gasteiger charge is -2.07. The Labute approximate surface area is 83.5 Å². The second-order valence-corrected chi connectivity index (χ2v) is 4.44. The van der Waals surface area contributed by atoms with Gasteiger partial charge in [0.25, 0.3) is 10.1 Å². The molecule has 0 aromatic heterocycles. The third-order valence-corrected chi connectivity index (χ3v) is 2.96. The average Bonchev–Trinajstić information content (AvgIpc) is 2.10. The molecule has 0 spiro atoms.